The molecule has 0 amide bonds. The van der Waals surface area contributed by atoms with Gasteiger partial charge in [-0.25, -0.2) is 0 Å². The summed E-state index contributed by atoms with van der Waals surface area (Å²) in [6.07, 6.45) is 8.98. The lowest BCUT2D eigenvalue weighted by atomic mass is 9.89. The molecule has 104 valence electrons. The zero-order valence-electron chi connectivity index (χ0n) is 12.0. The van der Waals surface area contributed by atoms with Gasteiger partial charge < -0.3 is 10.2 Å². The summed E-state index contributed by atoms with van der Waals surface area (Å²) in [7, 11) is 0. The van der Waals surface area contributed by atoms with Crippen molar-refractivity contribution in [3.8, 4) is 0 Å². The summed E-state index contributed by atoms with van der Waals surface area (Å²) in [6, 6.07) is 0. The van der Waals surface area contributed by atoms with Crippen LogP contribution < -0.4 is 5.32 Å². The van der Waals surface area contributed by atoms with E-state index in [0.717, 1.165) is 23.7 Å². The highest BCUT2D eigenvalue weighted by atomic mass is 15.1. The van der Waals surface area contributed by atoms with Crippen molar-refractivity contribution in [1.82, 2.24) is 10.2 Å². The average Bonchev–Trinajstić information content (AvgIpc) is 3.04. The number of nitrogens with one attached hydrogen (secondary N) is 1. The van der Waals surface area contributed by atoms with Crippen LogP contribution in [0.3, 0.4) is 0 Å². The standard InChI is InChI=1S/C16H30N2/c1-13(12-18-6-2-3-7-18)10-17-11-16-9-14-4-5-15(16)8-14/h13-17H,2-12H2,1H3. The molecule has 3 rings (SSSR count). The molecule has 0 aromatic carbocycles. The van der Waals surface area contributed by atoms with Gasteiger partial charge in [0.2, 0.25) is 0 Å². The summed E-state index contributed by atoms with van der Waals surface area (Å²) in [4.78, 5) is 2.64. The summed E-state index contributed by atoms with van der Waals surface area (Å²) < 4.78 is 0. The molecule has 4 atom stereocenters. The molecule has 1 aliphatic heterocycles. The van der Waals surface area contributed by atoms with E-state index in [4.69, 9.17) is 0 Å². The van der Waals surface area contributed by atoms with E-state index in [1.165, 1.54) is 64.8 Å². The number of nitrogens with zero attached hydrogens (tertiary/aromatic N) is 1. The summed E-state index contributed by atoms with van der Waals surface area (Å²) >= 11 is 0. The number of hydrogen-bond acceptors (Lipinski definition) is 2. The Bertz CT molecular complexity index is 260. The van der Waals surface area contributed by atoms with Gasteiger partial charge in [0.25, 0.3) is 0 Å². The van der Waals surface area contributed by atoms with Gasteiger partial charge in [0, 0.05) is 6.54 Å². The molecule has 0 spiro atoms. The molecule has 3 fully saturated rings. The molecule has 2 heteroatoms. The summed E-state index contributed by atoms with van der Waals surface area (Å²) in [6.45, 7) is 8.93. The molecule has 1 saturated heterocycles. The van der Waals surface area contributed by atoms with Crippen LogP contribution in [-0.2, 0) is 0 Å². The maximum Gasteiger partial charge on any atom is 0.00191 e. The molecule has 0 radical (unpaired) electrons. The third-order valence-electron chi connectivity index (χ3n) is 5.55. The molecule has 2 aliphatic carbocycles. The molecule has 4 unspecified atom stereocenters. The van der Waals surface area contributed by atoms with Crippen LogP contribution >= 0.6 is 0 Å². The fourth-order valence-electron chi connectivity index (χ4n) is 4.61. The van der Waals surface area contributed by atoms with E-state index in [1.54, 1.807) is 6.42 Å². The van der Waals surface area contributed by atoms with E-state index in [1.807, 2.05) is 0 Å². The van der Waals surface area contributed by atoms with E-state index >= 15 is 0 Å². The van der Waals surface area contributed by atoms with Crippen molar-refractivity contribution in [3.63, 3.8) is 0 Å². The van der Waals surface area contributed by atoms with Crippen LogP contribution in [0.4, 0.5) is 0 Å². The first kappa shape index (κ1) is 12.9. The van der Waals surface area contributed by atoms with E-state index in [-0.39, 0.29) is 0 Å². The quantitative estimate of drug-likeness (QED) is 0.780. The smallest absolute Gasteiger partial charge is 0.00191 e. The second-order valence-corrected chi connectivity index (χ2v) is 7.21. The molecule has 1 heterocycles. The Balaban J connectivity index is 1.29. The molecule has 18 heavy (non-hydrogen) atoms. The van der Waals surface area contributed by atoms with Crippen molar-refractivity contribution in [1.29, 1.82) is 0 Å². The van der Waals surface area contributed by atoms with Gasteiger partial charge in [0.15, 0.2) is 0 Å². The van der Waals surface area contributed by atoms with Crippen molar-refractivity contribution in [2.45, 2.75) is 45.4 Å². The predicted octanol–water partition coefficient (Wildman–Crippen LogP) is 2.74. The van der Waals surface area contributed by atoms with Crippen LogP contribution in [0.15, 0.2) is 0 Å². The average molecular weight is 250 g/mol. The highest BCUT2D eigenvalue weighted by Crippen LogP contribution is 2.47. The Kier molecular flexibility index (Phi) is 4.25. The zero-order valence-corrected chi connectivity index (χ0v) is 12.0. The first-order valence-corrected chi connectivity index (χ1v) is 8.24. The van der Waals surface area contributed by atoms with Crippen molar-refractivity contribution < 1.29 is 0 Å². The Morgan fingerprint density at radius 3 is 2.67 bits per heavy atom. The van der Waals surface area contributed by atoms with E-state index < -0.39 is 0 Å². The SMILES string of the molecule is CC(CNCC1CC2CCC1C2)CN1CCCC1. The van der Waals surface area contributed by atoms with E-state index in [2.05, 4.69) is 17.1 Å². The molecule has 2 nitrogen and oxygen atoms in total. The van der Waals surface area contributed by atoms with E-state index in [0.29, 0.717) is 0 Å². The van der Waals surface area contributed by atoms with Crippen LogP contribution in [0.5, 0.6) is 0 Å². The minimum absolute atomic E-state index is 0.821. The lowest BCUT2D eigenvalue weighted by molar-refractivity contribution is 0.269. The van der Waals surface area contributed by atoms with Crippen molar-refractivity contribution in [2.24, 2.45) is 23.7 Å². The molecule has 1 N–H and O–H groups in total. The Labute approximate surface area is 113 Å². The summed E-state index contributed by atoms with van der Waals surface area (Å²) in [5.41, 5.74) is 0. The predicted molar refractivity (Wildman–Crippen MR) is 76.6 cm³/mol. The van der Waals surface area contributed by atoms with Crippen LogP contribution in [0, 0.1) is 23.7 Å². The van der Waals surface area contributed by atoms with Gasteiger partial charge in [-0.2, -0.15) is 0 Å². The van der Waals surface area contributed by atoms with Crippen LogP contribution in [0.25, 0.3) is 0 Å². The lowest BCUT2D eigenvalue weighted by Gasteiger charge is -2.24. The van der Waals surface area contributed by atoms with Crippen molar-refractivity contribution in [3.05, 3.63) is 0 Å². The Hall–Kier alpha value is -0.0800. The first-order chi connectivity index (χ1) is 8.81. The molecule has 2 saturated carbocycles. The third-order valence-corrected chi connectivity index (χ3v) is 5.55. The van der Waals surface area contributed by atoms with Gasteiger partial charge in [-0.1, -0.05) is 13.3 Å². The van der Waals surface area contributed by atoms with Gasteiger partial charge in [-0.05, 0) is 82.0 Å². The Morgan fingerprint density at radius 1 is 1.17 bits per heavy atom. The molecule has 3 aliphatic rings. The van der Waals surface area contributed by atoms with Gasteiger partial charge in [0.1, 0.15) is 0 Å². The maximum absolute atomic E-state index is 3.76. The topological polar surface area (TPSA) is 15.3 Å². The number of likely N-dealkylation sites (tertiary alicyclic amines) is 1. The highest BCUT2D eigenvalue weighted by molar-refractivity contribution is 4.90. The summed E-state index contributed by atoms with van der Waals surface area (Å²) in [5, 5.41) is 3.76. The minimum Gasteiger partial charge on any atom is -0.316 e. The van der Waals surface area contributed by atoms with Crippen LogP contribution in [0.1, 0.15) is 45.4 Å². The second-order valence-electron chi connectivity index (χ2n) is 7.21. The number of hydrogen-bond donors (Lipinski definition) is 1. The fraction of sp³-hybridized carbons (Fsp3) is 1.00. The maximum atomic E-state index is 3.76. The summed E-state index contributed by atoms with van der Waals surface area (Å²) in [5.74, 6) is 4.02. The van der Waals surface area contributed by atoms with Gasteiger partial charge >= 0.3 is 0 Å². The van der Waals surface area contributed by atoms with Crippen molar-refractivity contribution in [2.75, 3.05) is 32.7 Å². The zero-order chi connectivity index (χ0) is 12.4. The fourth-order valence-corrected chi connectivity index (χ4v) is 4.61. The lowest BCUT2D eigenvalue weighted by Crippen LogP contribution is -2.34. The van der Waals surface area contributed by atoms with Crippen LogP contribution in [-0.4, -0.2) is 37.6 Å². The van der Waals surface area contributed by atoms with E-state index in [9.17, 15) is 0 Å². The van der Waals surface area contributed by atoms with Gasteiger partial charge in [-0.3, -0.25) is 0 Å². The third kappa shape index (κ3) is 3.08. The van der Waals surface area contributed by atoms with Crippen molar-refractivity contribution >= 4 is 0 Å². The van der Waals surface area contributed by atoms with Gasteiger partial charge in [0.05, 0.1) is 0 Å². The second kappa shape index (κ2) is 5.92. The molecule has 0 aromatic heterocycles. The first-order valence-electron chi connectivity index (χ1n) is 8.24. The largest absolute Gasteiger partial charge is 0.316 e. The molecule has 2 bridgehead atoms. The number of rotatable bonds is 6. The Morgan fingerprint density at radius 2 is 2.00 bits per heavy atom. The normalized spacial score (nSPS) is 37.5. The monoisotopic (exact) mass is 250 g/mol. The minimum atomic E-state index is 0.821. The van der Waals surface area contributed by atoms with Crippen LogP contribution in [0.2, 0.25) is 0 Å². The highest BCUT2D eigenvalue weighted by Gasteiger charge is 2.38. The molecule has 0 aromatic rings. The van der Waals surface area contributed by atoms with Gasteiger partial charge in [-0.15, -0.1) is 0 Å². The number of fused-ring (bicyclic) bond motifs is 2. The molecular weight excluding hydrogens is 220 g/mol. The molecular formula is C16H30N2.